The van der Waals surface area contributed by atoms with Crippen LogP contribution >= 0.6 is 0 Å². The van der Waals surface area contributed by atoms with E-state index in [1.807, 2.05) is 28.8 Å². The molecule has 3 heterocycles. The first-order valence-electron chi connectivity index (χ1n) is 16.3. The van der Waals surface area contributed by atoms with Crippen LogP contribution in [0, 0.1) is 11.8 Å². The van der Waals surface area contributed by atoms with E-state index in [1.165, 1.54) is 64.2 Å². The first-order valence-corrected chi connectivity index (χ1v) is 16.3. The van der Waals surface area contributed by atoms with Crippen LogP contribution in [0.3, 0.4) is 0 Å². The molecule has 4 aliphatic rings. The van der Waals surface area contributed by atoms with Crippen LogP contribution in [0.2, 0.25) is 0 Å². The van der Waals surface area contributed by atoms with Gasteiger partial charge in [-0.05, 0) is 68.9 Å². The fraction of sp³-hybridized carbons (Fsp3) is 0.667. The molecule has 232 valence electrons. The number of hydrogen-bond donors (Lipinski definition) is 2. The van der Waals surface area contributed by atoms with Crippen LogP contribution in [0.4, 0.5) is 0 Å². The molecule has 1 aromatic carbocycles. The van der Waals surface area contributed by atoms with Crippen molar-refractivity contribution in [2.45, 2.75) is 114 Å². The molecule has 5 atom stereocenters. The Hall–Kier alpha value is -3.27. The Morgan fingerprint density at radius 1 is 0.930 bits per heavy atom. The number of carbonyl (C=O) groups is 2. The Balaban J connectivity index is 1.33. The summed E-state index contributed by atoms with van der Waals surface area (Å²) in [6.45, 7) is -0.643. The van der Waals surface area contributed by atoms with E-state index in [2.05, 4.69) is 15.4 Å². The van der Waals surface area contributed by atoms with Gasteiger partial charge in [0.1, 0.15) is 5.71 Å². The molecule has 10 nitrogen and oxygen atoms in total. The third-order valence-corrected chi connectivity index (χ3v) is 10.4. The highest BCUT2D eigenvalue weighted by Gasteiger charge is 2.45. The standard InChI is InChI=1S/C33H45N5O5/c1-34-30(39)14-13-28(36-43-20-31(40)41)32-33(42)38(29-12-5-4-11-27(29)35-32)26-18-23-9-6-10-24(19-26)37(23)25-16-21-7-2-3-8-22(15-21)17-25/h4-5,11-12,21-26H,2-3,6-10,13-20H2,1H3,(H,34,39)(H,40,41)/t21?,22?,23-,24+,25?,26?. The molecule has 1 amide bonds. The molecule has 43 heavy (non-hydrogen) atoms. The number of benzene rings is 1. The first kappa shape index (κ1) is 29.8. The van der Waals surface area contributed by atoms with E-state index in [0.29, 0.717) is 23.6 Å². The fourth-order valence-corrected chi connectivity index (χ4v) is 8.74. The minimum absolute atomic E-state index is 0.0247. The van der Waals surface area contributed by atoms with E-state index in [-0.39, 0.29) is 41.8 Å². The highest BCUT2D eigenvalue weighted by molar-refractivity contribution is 6.01. The molecule has 4 fully saturated rings. The summed E-state index contributed by atoms with van der Waals surface area (Å²) in [6, 6.07) is 9.31. The third kappa shape index (κ3) is 6.49. The van der Waals surface area contributed by atoms with Gasteiger partial charge in [0.15, 0.2) is 5.69 Å². The van der Waals surface area contributed by atoms with Crippen LogP contribution in [0.1, 0.15) is 102 Å². The summed E-state index contributed by atoms with van der Waals surface area (Å²) in [4.78, 5) is 50.2. The lowest BCUT2D eigenvalue weighted by atomic mass is 9.73. The molecule has 2 saturated heterocycles. The van der Waals surface area contributed by atoms with Crippen molar-refractivity contribution in [1.29, 1.82) is 0 Å². The number of piperidine rings is 2. The molecular formula is C33H45N5O5. The number of hydrogen-bond acceptors (Lipinski definition) is 7. The number of nitrogens with zero attached hydrogens (tertiary/aromatic N) is 4. The van der Waals surface area contributed by atoms with Gasteiger partial charge in [0.05, 0.1) is 11.0 Å². The van der Waals surface area contributed by atoms with Crippen molar-refractivity contribution in [1.82, 2.24) is 19.8 Å². The van der Waals surface area contributed by atoms with Crippen LogP contribution < -0.4 is 10.9 Å². The smallest absolute Gasteiger partial charge is 0.344 e. The van der Waals surface area contributed by atoms with E-state index in [1.54, 1.807) is 7.05 Å². The maximum absolute atomic E-state index is 14.3. The molecule has 2 aromatic rings. The van der Waals surface area contributed by atoms with Gasteiger partial charge < -0.3 is 19.8 Å². The zero-order chi connectivity index (χ0) is 29.9. The third-order valence-electron chi connectivity index (χ3n) is 10.4. The van der Waals surface area contributed by atoms with E-state index in [4.69, 9.17) is 14.9 Å². The highest BCUT2D eigenvalue weighted by atomic mass is 16.6. The number of carbonyl (C=O) groups excluding carboxylic acids is 1. The van der Waals surface area contributed by atoms with Gasteiger partial charge in [0, 0.05) is 44.1 Å². The summed E-state index contributed by atoms with van der Waals surface area (Å²) in [5.41, 5.74) is 1.53. The zero-order valence-corrected chi connectivity index (χ0v) is 25.2. The summed E-state index contributed by atoms with van der Waals surface area (Å²) >= 11 is 0. The Labute approximate surface area is 252 Å². The quantitative estimate of drug-likeness (QED) is 0.321. The van der Waals surface area contributed by atoms with Gasteiger partial charge in [-0.3, -0.25) is 14.5 Å². The molecule has 6 rings (SSSR count). The number of rotatable bonds is 9. The largest absolute Gasteiger partial charge is 0.479 e. The maximum Gasteiger partial charge on any atom is 0.344 e. The van der Waals surface area contributed by atoms with Gasteiger partial charge in [-0.15, -0.1) is 0 Å². The average Bonchev–Trinajstić information content (AvgIpc) is 3.16. The van der Waals surface area contributed by atoms with Crippen LogP contribution in [0.15, 0.2) is 34.2 Å². The topological polar surface area (TPSA) is 126 Å². The average molecular weight is 592 g/mol. The van der Waals surface area contributed by atoms with E-state index < -0.39 is 12.6 Å². The lowest BCUT2D eigenvalue weighted by molar-refractivity contribution is -0.142. The van der Waals surface area contributed by atoms with Crippen molar-refractivity contribution in [2.75, 3.05) is 13.7 Å². The summed E-state index contributed by atoms with van der Waals surface area (Å²) < 4.78 is 1.92. The van der Waals surface area contributed by atoms with Crippen molar-refractivity contribution in [3.05, 3.63) is 40.3 Å². The first-order chi connectivity index (χ1) is 20.9. The molecule has 3 unspecified atom stereocenters. The number of oxime groups is 1. The summed E-state index contributed by atoms with van der Waals surface area (Å²) in [7, 11) is 1.55. The number of aliphatic carboxylic acids is 1. The normalized spacial score (nSPS) is 29.6. The molecule has 2 aliphatic heterocycles. The van der Waals surface area contributed by atoms with Crippen molar-refractivity contribution in [3.8, 4) is 0 Å². The van der Waals surface area contributed by atoms with Crippen LogP contribution in [-0.4, -0.2) is 68.9 Å². The van der Waals surface area contributed by atoms with Gasteiger partial charge in [0.2, 0.25) is 12.5 Å². The molecule has 2 N–H and O–H groups in total. The molecule has 2 saturated carbocycles. The van der Waals surface area contributed by atoms with Crippen molar-refractivity contribution < 1.29 is 19.5 Å². The van der Waals surface area contributed by atoms with Crippen LogP contribution in [0.5, 0.6) is 0 Å². The zero-order valence-electron chi connectivity index (χ0n) is 25.2. The monoisotopic (exact) mass is 591 g/mol. The van der Waals surface area contributed by atoms with Gasteiger partial charge in [-0.2, -0.15) is 0 Å². The highest BCUT2D eigenvalue weighted by Crippen LogP contribution is 2.47. The predicted octanol–water partition coefficient (Wildman–Crippen LogP) is 4.64. The van der Waals surface area contributed by atoms with Crippen molar-refractivity contribution >= 4 is 28.6 Å². The van der Waals surface area contributed by atoms with Gasteiger partial charge in [-0.25, -0.2) is 9.78 Å². The van der Waals surface area contributed by atoms with Crippen molar-refractivity contribution in [2.24, 2.45) is 17.0 Å². The Morgan fingerprint density at radius 3 is 2.30 bits per heavy atom. The number of para-hydroxylation sites is 2. The molecular weight excluding hydrogens is 546 g/mol. The second kappa shape index (κ2) is 13.2. The summed E-state index contributed by atoms with van der Waals surface area (Å²) in [5.74, 6) is 0.355. The van der Waals surface area contributed by atoms with E-state index >= 15 is 0 Å². The summed E-state index contributed by atoms with van der Waals surface area (Å²) in [6.07, 6.45) is 15.3. The minimum atomic E-state index is -1.17. The Bertz CT molecular complexity index is 1390. The van der Waals surface area contributed by atoms with Crippen LogP contribution in [-0.2, 0) is 14.4 Å². The van der Waals surface area contributed by atoms with Gasteiger partial charge in [0.25, 0.3) is 5.56 Å². The number of nitrogens with one attached hydrogen (secondary N) is 1. The number of carboxylic acid groups (broad SMARTS) is 1. The number of aromatic nitrogens is 2. The molecule has 1 aromatic heterocycles. The molecule has 2 aliphatic carbocycles. The molecule has 4 bridgehead atoms. The second-order valence-electron chi connectivity index (χ2n) is 13.2. The number of amides is 1. The number of fused-ring (bicyclic) bond motifs is 5. The maximum atomic E-state index is 14.3. The van der Waals surface area contributed by atoms with Crippen molar-refractivity contribution in [3.63, 3.8) is 0 Å². The molecule has 10 heteroatoms. The van der Waals surface area contributed by atoms with Crippen LogP contribution in [0.25, 0.3) is 11.0 Å². The number of carboxylic acids is 1. The minimum Gasteiger partial charge on any atom is -0.479 e. The molecule has 0 spiro atoms. The van der Waals surface area contributed by atoms with Gasteiger partial charge in [-0.1, -0.05) is 49.4 Å². The Morgan fingerprint density at radius 2 is 1.63 bits per heavy atom. The fourth-order valence-electron chi connectivity index (χ4n) is 8.74. The predicted molar refractivity (Wildman–Crippen MR) is 164 cm³/mol. The Kier molecular flexibility index (Phi) is 9.12. The molecule has 0 radical (unpaired) electrons. The van der Waals surface area contributed by atoms with Gasteiger partial charge >= 0.3 is 5.97 Å². The lowest BCUT2D eigenvalue weighted by Crippen LogP contribution is -2.58. The van der Waals surface area contributed by atoms with E-state index in [0.717, 1.165) is 30.2 Å². The van der Waals surface area contributed by atoms with E-state index in [9.17, 15) is 14.4 Å². The second-order valence-corrected chi connectivity index (χ2v) is 13.2. The SMILES string of the molecule is CNC(=O)CCC(=NOCC(=O)O)c1nc2ccccc2n(C2C[C@H]3CCC[C@@H](C2)N3C2CC3CCCCC(C3)C2)c1=O. The lowest BCUT2D eigenvalue weighted by Gasteiger charge is -2.54. The summed E-state index contributed by atoms with van der Waals surface area (Å²) in [5, 5.41) is 15.7.